The van der Waals surface area contributed by atoms with Crippen molar-refractivity contribution in [2.75, 3.05) is 25.2 Å². The van der Waals surface area contributed by atoms with Gasteiger partial charge in [0.05, 0.1) is 12.7 Å². The average Bonchev–Trinajstić information content (AvgIpc) is 3.01. The van der Waals surface area contributed by atoms with Crippen LogP contribution in [-0.2, 0) is 22.6 Å². The summed E-state index contributed by atoms with van der Waals surface area (Å²) >= 11 is 0. The first kappa shape index (κ1) is 18.2. The highest BCUT2D eigenvalue weighted by molar-refractivity contribution is 6.12. The summed E-state index contributed by atoms with van der Waals surface area (Å²) in [5.41, 5.74) is 2.93. The Kier molecular flexibility index (Phi) is 4.83. The van der Waals surface area contributed by atoms with Gasteiger partial charge in [0.25, 0.3) is 5.91 Å². The lowest BCUT2D eigenvalue weighted by Crippen LogP contribution is -2.54. The van der Waals surface area contributed by atoms with Crippen LogP contribution < -0.4 is 10.2 Å². The zero-order chi connectivity index (χ0) is 19.7. The topological polar surface area (TPSA) is 73.0 Å². The summed E-state index contributed by atoms with van der Waals surface area (Å²) in [6.07, 6.45) is 0.550. The van der Waals surface area contributed by atoms with E-state index in [0.717, 1.165) is 11.1 Å². The molecule has 4 amide bonds. The molecule has 0 radical (unpaired) electrons. The van der Waals surface area contributed by atoms with Crippen LogP contribution in [0.2, 0.25) is 0 Å². The van der Waals surface area contributed by atoms with Crippen molar-refractivity contribution >= 4 is 23.5 Å². The van der Waals surface area contributed by atoms with Gasteiger partial charge < -0.3 is 5.32 Å². The van der Waals surface area contributed by atoms with Crippen LogP contribution >= 0.6 is 0 Å². The number of rotatable bonds is 4. The third kappa shape index (κ3) is 3.25. The predicted octanol–water partition coefficient (Wildman–Crippen LogP) is 1.59. The second kappa shape index (κ2) is 7.44. The number of nitrogens with one attached hydrogen (secondary N) is 1. The summed E-state index contributed by atoms with van der Waals surface area (Å²) in [5.74, 6) is -0.378. The standard InChI is InChI=1S/C21H22N4O3/c1-22-20(27)18-11-15-7-5-6-8-16(15)12-23(18)14-25-19(26)13-24(21(25)28)17-9-3-2-4-10-17/h2-10,18H,11-14H2,1H3,(H,22,27). The molecule has 2 aliphatic heterocycles. The fourth-order valence-electron chi connectivity index (χ4n) is 3.82. The van der Waals surface area contributed by atoms with E-state index in [1.165, 1.54) is 9.80 Å². The van der Waals surface area contributed by atoms with Crippen LogP contribution in [-0.4, -0.2) is 53.9 Å². The summed E-state index contributed by atoms with van der Waals surface area (Å²) in [6.45, 7) is 0.613. The van der Waals surface area contributed by atoms with Crippen LogP contribution in [0.4, 0.5) is 10.5 Å². The van der Waals surface area contributed by atoms with Crippen LogP contribution in [0.15, 0.2) is 54.6 Å². The maximum Gasteiger partial charge on any atom is 0.332 e. The Morgan fingerprint density at radius 2 is 1.68 bits per heavy atom. The summed E-state index contributed by atoms with van der Waals surface area (Å²) in [4.78, 5) is 42.5. The van der Waals surface area contributed by atoms with Gasteiger partial charge in [-0.25, -0.2) is 9.69 Å². The smallest absolute Gasteiger partial charge is 0.332 e. The predicted molar refractivity (Wildman–Crippen MR) is 104 cm³/mol. The molecule has 2 aromatic rings. The molecule has 1 saturated heterocycles. The van der Waals surface area contributed by atoms with Gasteiger partial charge in [0.15, 0.2) is 0 Å². The monoisotopic (exact) mass is 378 g/mol. The van der Waals surface area contributed by atoms with Crippen molar-refractivity contribution in [2.45, 2.75) is 19.0 Å². The van der Waals surface area contributed by atoms with E-state index in [-0.39, 0.29) is 31.1 Å². The van der Waals surface area contributed by atoms with Crippen molar-refractivity contribution in [3.05, 3.63) is 65.7 Å². The number of fused-ring (bicyclic) bond motifs is 1. The fourth-order valence-corrected chi connectivity index (χ4v) is 3.82. The average molecular weight is 378 g/mol. The molecule has 1 N–H and O–H groups in total. The number of amides is 4. The Bertz CT molecular complexity index is 915. The Labute approximate surface area is 163 Å². The first-order chi connectivity index (χ1) is 13.6. The van der Waals surface area contributed by atoms with E-state index in [2.05, 4.69) is 5.32 Å². The molecule has 0 spiro atoms. The molecule has 4 rings (SSSR count). The molecule has 1 unspecified atom stereocenters. The Morgan fingerprint density at radius 3 is 2.39 bits per heavy atom. The second-order valence-corrected chi connectivity index (χ2v) is 7.02. The first-order valence-corrected chi connectivity index (χ1v) is 9.28. The molecular formula is C21H22N4O3. The molecule has 28 heavy (non-hydrogen) atoms. The minimum Gasteiger partial charge on any atom is -0.358 e. The van der Waals surface area contributed by atoms with Crippen molar-refractivity contribution in [3.8, 4) is 0 Å². The van der Waals surface area contributed by atoms with E-state index < -0.39 is 6.04 Å². The number of hydrogen-bond acceptors (Lipinski definition) is 4. The lowest BCUT2D eigenvalue weighted by molar-refractivity contribution is -0.132. The maximum absolute atomic E-state index is 12.9. The first-order valence-electron chi connectivity index (χ1n) is 9.28. The molecule has 2 heterocycles. The molecule has 7 heteroatoms. The Hall–Kier alpha value is -3.19. The zero-order valence-electron chi connectivity index (χ0n) is 15.7. The summed E-state index contributed by atoms with van der Waals surface area (Å²) in [5, 5.41) is 2.70. The minimum atomic E-state index is -0.425. The number of carbonyl (C=O) groups excluding carboxylic acids is 3. The lowest BCUT2D eigenvalue weighted by Gasteiger charge is -2.37. The van der Waals surface area contributed by atoms with Crippen molar-refractivity contribution in [2.24, 2.45) is 0 Å². The maximum atomic E-state index is 12.9. The van der Waals surface area contributed by atoms with Crippen LogP contribution in [0, 0.1) is 0 Å². The number of imide groups is 1. The molecule has 0 bridgehead atoms. The molecule has 1 atom stereocenters. The lowest BCUT2D eigenvalue weighted by atomic mass is 9.94. The molecule has 0 saturated carbocycles. The van der Waals surface area contributed by atoms with Gasteiger partial charge in [-0.05, 0) is 29.7 Å². The number of para-hydroxylation sites is 1. The molecule has 7 nitrogen and oxygen atoms in total. The van der Waals surface area contributed by atoms with Crippen molar-refractivity contribution < 1.29 is 14.4 Å². The molecule has 2 aliphatic rings. The van der Waals surface area contributed by atoms with E-state index in [1.807, 2.05) is 47.4 Å². The van der Waals surface area contributed by atoms with Gasteiger partial charge in [0.1, 0.15) is 6.54 Å². The molecule has 144 valence electrons. The minimum absolute atomic E-state index is 0.0118. The van der Waals surface area contributed by atoms with Crippen LogP contribution in [0.1, 0.15) is 11.1 Å². The zero-order valence-corrected chi connectivity index (χ0v) is 15.7. The fraction of sp³-hybridized carbons (Fsp3) is 0.286. The van der Waals surface area contributed by atoms with Gasteiger partial charge in [-0.1, -0.05) is 42.5 Å². The van der Waals surface area contributed by atoms with Crippen LogP contribution in [0.5, 0.6) is 0 Å². The number of anilines is 1. The number of likely N-dealkylation sites (N-methyl/N-ethyl adjacent to an activating group) is 1. The molecular weight excluding hydrogens is 356 g/mol. The van der Waals surface area contributed by atoms with E-state index in [1.54, 1.807) is 19.2 Å². The van der Waals surface area contributed by atoms with Gasteiger partial charge in [0, 0.05) is 19.3 Å². The summed E-state index contributed by atoms with van der Waals surface area (Å²) in [7, 11) is 1.60. The third-order valence-electron chi connectivity index (χ3n) is 5.34. The molecule has 1 fully saturated rings. The van der Waals surface area contributed by atoms with E-state index in [0.29, 0.717) is 18.7 Å². The van der Waals surface area contributed by atoms with Crippen molar-refractivity contribution in [3.63, 3.8) is 0 Å². The molecule has 0 aliphatic carbocycles. The van der Waals surface area contributed by atoms with E-state index in [9.17, 15) is 14.4 Å². The van der Waals surface area contributed by atoms with Gasteiger partial charge >= 0.3 is 6.03 Å². The molecule has 2 aromatic carbocycles. The third-order valence-corrected chi connectivity index (χ3v) is 5.34. The highest BCUT2D eigenvalue weighted by Crippen LogP contribution is 2.26. The quantitative estimate of drug-likeness (QED) is 0.820. The van der Waals surface area contributed by atoms with Crippen LogP contribution in [0.25, 0.3) is 0 Å². The number of nitrogens with zero attached hydrogens (tertiary/aromatic N) is 3. The van der Waals surface area contributed by atoms with E-state index in [4.69, 9.17) is 0 Å². The highest BCUT2D eigenvalue weighted by atomic mass is 16.2. The summed E-state index contributed by atoms with van der Waals surface area (Å²) < 4.78 is 0. The Balaban J connectivity index is 1.57. The van der Waals surface area contributed by atoms with Gasteiger partial charge in [-0.15, -0.1) is 0 Å². The van der Waals surface area contributed by atoms with Gasteiger partial charge in [-0.3, -0.25) is 19.4 Å². The Morgan fingerprint density at radius 1 is 1.00 bits per heavy atom. The van der Waals surface area contributed by atoms with Crippen LogP contribution in [0.3, 0.4) is 0 Å². The number of urea groups is 1. The number of hydrogen-bond donors (Lipinski definition) is 1. The van der Waals surface area contributed by atoms with Gasteiger partial charge in [0.2, 0.25) is 5.91 Å². The SMILES string of the molecule is CNC(=O)C1Cc2ccccc2CN1CN1C(=O)CN(c2ccccc2)C1=O. The normalized spacial score (nSPS) is 19.7. The largest absolute Gasteiger partial charge is 0.358 e. The number of benzene rings is 2. The highest BCUT2D eigenvalue weighted by Gasteiger charge is 2.40. The second-order valence-electron chi connectivity index (χ2n) is 7.02. The van der Waals surface area contributed by atoms with Crippen molar-refractivity contribution in [1.82, 2.24) is 15.1 Å². The number of carbonyl (C=O) groups is 3. The van der Waals surface area contributed by atoms with Crippen molar-refractivity contribution in [1.29, 1.82) is 0 Å². The summed E-state index contributed by atoms with van der Waals surface area (Å²) in [6, 6.07) is 16.3. The molecule has 0 aromatic heterocycles. The van der Waals surface area contributed by atoms with E-state index >= 15 is 0 Å². The van der Waals surface area contributed by atoms with Gasteiger partial charge in [-0.2, -0.15) is 0 Å².